The van der Waals surface area contributed by atoms with Crippen LogP contribution in [-0.2, 0) is 11.3 Å². The quantitative estimate of drug-likeness (QED) is 0.494. The number of nitrogens with zero attached hydrogens (tertiary/aromatic N) is 2. The normalized spacial score (nSPS) is 12.5. The lowest BCUT2D eigenvalue weighted by Crippen LogP contribution is -2.34. The van der Waals surface area contributed by atoms with Gasteiger partial charge in [-0.1, -0.05) is 54.9 Å². The molecular weight excluding hydrogens is 414 g/mol. The van der Waals surface area contributed by atoms with Crippen LogP contribution in [0.25, 0.3) is 10.9 Å². The number of thioether (sulfide) groups is 1. The molecular formula is C19H26BrN3O2S. The number of hydrogen-bond donors (Lipinski definition) is 1. The summed E-state index contributed by atoms with van der Waals surface area (Å²) in [6.07, 6.45) is 1.99. The van der Waals surface area contributed by atoms with Crippen LogP contribution in [0.4, 0.5) is 0 Å². The largest absolute Gasteiger partial charge is 0.353 e. The summed E-state index contributed by atoms with van der Waals surface area (Å²) in [5.74, 6) is 0.523. The first kappa shape index (κ1) is 21.0. The number of benzene rings is 1. The van der Waals surface area contributed by atoms with E-state index in [1.54, 1.807) is 10.6 Å². The van der Waals surface area contributed by atoms with E-state index in [1.807, 2.05) is 19.1 Å². The maximum Gasteiger partial charge on any atom is 0.262 e. The zero-order chi connectivity index (χ0) is 19.3. The van der Waals surface area contributed by atoms with Gasteiger partial charge in [-0.05, 0) is 37.5 Å². The van der Waals surface area contributed by atoms with E-state index in [0.29, 0.717) is 28.5 Å². The lowest BCUT2D eigenvalue weighted by Gasteiger charge is -2.16. The van der Waals surface area contributed by atoms with E-state index < -0.39 is 0 Å². The summed E-state index contributed by atoms with van der Waals surface area (Å²) in [6, 6.07) is 5.66. The fraction of sp³-hybridized carbons (Fsp3) is 0.526. The molecule has 5 nitrogen and oxygen atoms in total. The van der Waals surface area contributed by atoms with Crippen LogP contribution in [0.15, 0.2) is 32.6 Å². The van der Waals surface area contributed by atoms with Crippen molar-refractivity contribution in [3.05, 3.63) is 33.0 Å². The molecule has 2 aromatic rings. The minimum Gasteiger partial charge on any atom is -0.353 e. The zero-order valence-electron chi connectivity index (χ0n) is 15.7. The highest BCUT2D eigenvalue weighted by atomic mass is 79.9. The standard InChI is InChI=1S/C19H26BrN3O2S/c1-5-6-13(4)21-17(24)11-26-19-22-16-8-7-14(20)9-15(16)18(25)23(19)10-12(2)3/h7-9,12-13H,5-6,10-11H2,1-4H3,(H,21,24)/t13-/m0/s1. The molecule has 0 unspecified atom stereocenters. The first-order chi connectivity index (χ1) is 12.3. The minimum absolute atomic E-state index is 0.0304. The van der Waals surface area contributed by atoms with Crippen molar-refractivity contribution in [2.75, 3.05) is 5.75 Å². The van der Waals surface area contributed by atoms with E-state index in [2.05, 4.69) is 47.0 Å². The average Bonchev–Trinajstić information content (AvgIpc) is 2.56. The van der Waals surface area contributed by atoms with Crippen molar-refractivity contribution in [3.63, 3.8) is 0 Å². The lowest BCUT2D eigenvalue weighted by molar-refractivity contribution is -0.119. The fourth-order valence-corrected chi connectivity index (χ4v) is 3.94. The van der Waals surface area contributed by atoms with Gasteiger partial charge in [0.05, 0.1) is 16.7 Å². The number of carbonyl (C=O) groups is 1. The van der Waals surface area contributed by atoms with Crippen LogP contribution in [0.3, 0.4) is 0 Å². The van der Waals surface area contributed by atoms with Gasteiger partial charge in [0.25, 0.3) is 5.56 Å². The van der Waals surface area contributed by atoms with Crippen molar-refractivity contribution in [2.45, 2.75) is 58.3 Å². The van der Waals surface area contributed by atoms with Gasteiger partial charge in [-0.25, -0.2) is 4.98 Å². The van der Waals surface area contributed by atoms with Gasteiger partial charge >= 0.3 is 0 Å². The third-order valence-electron chi connectivity index (χ3n) is 3.89. The molecule has 0 saturated carbocycles. The summed E-state index contributed by atoms with van der Waals surface area (Å²) in [5, 5.41) is 4.17. The van der Waals surface area contributed by atoms with E-state index >= 15 is 0 Å². The highest BCUT2D eigenvalue weighted by Crippen LogP contribution is 2.21. The minimum atomic E-state index is -0.0627. The highest BCUT2D eigenvalue weighted by molar-refractivity contribution is 9.10. The van der Waals surface area contributed by atoms with Crippen molar-refractivity contribution in [3.8, 4) is 0 Å². The molecule has 1 aromatic carbocycles. The number of aromatic nitrogens is 2. The first-order valence-electron chi connectivity index (χ1n) is 8.94. The Kier molecular flexibility index (Phi) is 7.70. The third kappa shape index (κ3) is 5.58. The van der Waals surface area contributed by atoms with Gasteiger partial charge in [-0.2, -0.15) is 0 Å². The number of carbonyl (C=O) groups excluding carboxylic acids is 1. The van der Waals surface area contributed by atoms with Crippen LogP contribution in [0.5, 0.6) is 0 Å². The summed E-state index contributed by atoms with van der Waals surface area (Å²) in [5.41, 5.74) is 0.590. The molecule has 1 aromatic heterocycles. The van der Waals surface area contributed by atoms with Gasteiger partial charge in [0.1, 0.15) is 0 Å². The Balaban J connectivity index is 2.28. The Morgan fingerprint density at radius 1 is 1.35 bits per heavy atom. The number of rotatable bonds is 8. The van der Waals surface area contributed by atoms with Crippen LogP contribution in [-0.4, -0.2) is 27.3 Å². The maximum atomic E-state index is 12.9. The Morgan fingerprint density at radius 2 is 2.08 bits per heavy atom. The molecule has 1 heterocycles. The van der Waals surface area contributed by atoms with E-state index in [1.165, 1.54) is 11.8 Å². The van der Waals surface area contributed by atoms with Crippen molar-refractivity contribution in [2.24, 2.45) is 5.92 Å². The molecule has 0 aliphatic heterocycles. The highest BCUT2D eigenvalue weighted by Gasteiger charge is 2.15. The zero-order valence-corrected chi connectivity index (χ0v) is 18.1. The monoisotopic (exact) mass is 439 g/mol. The SMILES string of the molecule is CCC[C@H](C)NC(=O)CSc1nc2ccc(Br)cc2c(=O)n1CC(C)C. The summed E-state index contributed by atoms with van der Waals surface area (Å²) in [4.78, 5) is 29.8. The molecule has 142 valence electrons. The number of nitrogens with one attached hydrogen (secondary N) is 1. The first-order valence-corrected chi connectivity index (χ1v) is 10.7. The Bertz CT molecular complexity index is 835. The molecule has 1 atom stereocenters. The van der Waals surface area contributed by atoms with Crippen molar-refractivity contribution in [1.29, 1.82) is 0 Å². The third-order valence-corrected chi connectivity index (χ3v) is 5.36. The molecule has 1 amide bonds. The predicted octanol–water partition coefficient (Wildman–Crippen LogP) is 4.21. The lowest BCUT2D eigenvalue weighted by atomic mass is 10.2. The van der Waals surface area contributed by atoms with E-state index in [4.69, 9.17) is 0 Å². The average molecular weight is 440 g/mol. The number of amides is 1. The van der Waals surface area contributed by atoms with Gasteiger partial charge in [0, 0.05) is 17.1 Å². The van der Waals surface area contributed by atoms with Crippen LogP contribution < -0.4 is 10.9 Å². The fourth-order valence-electron chi connectivity index (χ4n) is 2.76. The molecule has 0 radical (unpaired) electrons. The van der Waals surface area contributed by atoms with Crippen LogP contribution in [0.2, 0.25) is 0 Å². The van der Waals surface area contributed by atoms with Crippen molar-refractivity contribution in [1.82, 2.24) is 14.9 Å². The second-order valence-corrected chi connectivity index (χ2v) is 8.77. The Morgan fingerprint density at radius 3 is 2.73 bits per heavy atom. The molecule has 26 heavy (non-hydrogen) atoms. The van der Waals surface area contributed by atoms with Crippen molar-refractivity contribution >= 4 is 44.5 Å². The van der Waals surface area contributed by atoms with Gasteiger partial charge in [-0.3, -0.25) is 14.2 Å². The van der Waals surface area contributed by atoms with Gasteiger partial charge < -0.3 is 5.32 Å². The van der Waals surface area contributed by atoms with Gasteiger partial charge in [0.15, 0.2) is 5.16 Å². The molecule has 0 bridgehead atoms. The molecule has 7 heteroatoms. The number of fused-ring (bicyclic) bond motifs is 1. The molecule has 2 rings (SSSR count). The summed E-state index contributed by atoms with van der Waals surface area (Å²) >= 11 is 4.73. The predicted molar refractivity (Wildman–Crippen MR) is 112 cm³/mol. The molecule has 0 saturated heterocycles. The van der Waals surface area contributed by atoms with E-state index in [-0.39, 0.29) is 23.3 Å². The molecule has 0 fully saturated rings. The Labute approximate surface area is 167 Å². The van der Waals surface area contributed by atoms with Crippen LogP contribution in [0, 0.1) is 5.92 Å². The summed E-state index contributed by atoms with van der Waals surface area (Å²) in [6.45, 7) is 8.80. The number of halogens is 1. The molecule has 1 N–H and O–H groups in total. The smallest absolute Gasteiger partial charge is 0.262 e. The second kappa shape index (κ2) is 9.55. The summed E-state index contributed by atoms with van der Waals surface area (Å²) < 4.78 is 2.54. The molecule has 0 aliphatic rings. The van der Waals surface area contributed by atoms with E-state index in [0.717, 1.165) is 17.3 Å². The molecule has 0 spiro atoms. The van der Waals surface area contributed by atoms with E-state index in [9.17, 15) is 9.59 Å². The summed E-state index contributed by atoms with van der Waals surface area (Å²) in [7, 11) is 0. The topological polar surface area (TPSA) is 64.0 Å². The van der Waals surface area contributed by atoms with Crippen LogP contribution in [0.1, 0.15) is 40.5 Å². The van der Waals surface area contributed by atoms with Crippen molar-refractivity contribution < 1.29 is 4.79 Å². The maximum absolute atomic E-state index is 12.9. The number of hydrogen-bond acceptors (Lipinski definition) is 4. The second-order valence-electron chi connectivity index (χ2n) is 6.91. The van der Waals surface area contributed by atoms with Crippen LogP contribution >= 0.6 is 27.7 Å². The molecule has 0 aliphatic carbocycles. The van der Waals surface area contributed by atoms with Gasteiger partial charge in [0.2, 0.25) is 5.91 Å². The Hall–Kier alpha value is -1.34. The van der Waals surface area contributed by atoms with Gasteiger partial charge in [-0.15, -0.1) is 0 Å².